The van der Waals surface area contributed by atoms with Crippen molar-refractivity contribution in [1.29, 1.82) is 0 Å². The van der Waals surface area contributed by atoms with Crippen LogP contribution >= 0.6 is 0 Å². The molecule has 0 fully saturated rings. The maximum atomic E-state index is 6.97. The second kappa shape index (κ2) is 14.7. The van der Waals surface area contributed by atoms with E-state index in [2.05, 4.69) is 201 Å². The van der Waals surface area contributed by atoms with Crippen LogP contribution in [0.4, 0.5) is 11.4 Å². The standard InChI is InChI=1S/C57H49BN2O/c1-5-6-9-18-36-27-30-40(31-28-36)59-47-26-17-16-25-42(47)43-33-45(57(2,3)4)53-52-41-24-15-14-19-37(41)29-32-48(52)60-49-34-44-50(35-46(49)58-54(43)55(53)60)61-56(39-22-12-8-13-23-39)51(44)38-20-10-7-11-21-38/h7-8,10-17,19-35,58-59H,5-6,9,18H2,1-4H3. The van der Waals surface area contributed by atoms with Crippen LogP contribution in [-0.4, -0.2) is 11.8 Å². The fourth-order valence-corrected chi connectivity index (χ4v) is 10.0. The summed E-state index contributed by atoms with van der Waals surface area (Å²) >= 11 is 0. The van der Waals surface area contributed by atoms with Crippen molar-refractivity contribution in [3.05, 3.63) is 175 Å². The predicted octanol–water partition coefficient (Wildman–Crippen LogP) is 14.2. The van der Waals surface area contributed by atoms with Crippen molar-refractivity contribution >= 4 is 73.1 Å². The molecule has 4 heteroatoms. The molecule has 0 amide bonds. The third-order valence-corrected chi connectivity index (χ3v) is 13.0. The first-order valence-corrected chi connectivity index (χ1v) is 22.0. The minimum absolute atomic E-state index is 0.140. The lowest BCUT2D eigenvalue weighted by Crippen LogP contribution is -2.37. The van der Waals surface area contributed by atoms with Gasteiger partial charge in [-0.15, -0.1) is 0 Å². The lowest BCUT2D eigenvalue weighted by atomic mass is 9.58. The molecule has 1 aliphatic rings. The van der Waals surface area contributed by atoms with Crippen LogP contribution in [0.25, 0.3) is 82.8 Å². The molecular weight excluding hydrogens is 739 g/mol. The molecule has 2 aromatic heterocycles. The molecule has 3 heterocycles. The van der Waals surface area contributed by atoms with Gasteiger partial charge in [-0.3, -0.25) is 0 Å². The molecular formula is C57H49BN2O. The molecule has 1 aliphatic heterocycles. The minimum atomic E-state index is -0.140. The quantitative estimate of drug-likeness (QED) is 0.117. The Morgan fingerprint density at radius 3 is 2.13 bits per heavy atom. The Morgan fingerprint density at radius 1 is 0.639 bits per heavy atom. The van der Waals surface area contributed by atoms with Gasteiger partial charge in [0.1, 0.15) is 11.3 Å². The highest BCUT2D eigenvalue weighted by molar-refractivity contribution is 6.74. The van der Waals surface area contributed by atoms with E-state index in [-0.39, 0.29) is 5.41 Å². The van der Waals surface area contributed by atoms with E-state index in [1.807, 2.05) is 0 Å². The van der Waals surface area contributed by atoms with E-state index in [9.17, 15) is 0 Å². The van der Waals surface area contributed by atoms with Crippen LogP contribution in [0, 0.1) is 0 Å². The summed E-state index contributed by atoms with van der Waals surface area (Å²) < 4.78 is 9.57. The molecule has 11 rings (SSSR count). The van der Waals surface area contributed by atoms with Crippen molar-refractivity contribution in [3.8, 4) is 39.3 Å². The van der Waals surface area contributed by atoms with Gasteiger partial charge < -0.3 is 14.3 Å². The monoisotopic (exact) mass is 788 g/mol. The van der Waals surface area contributed by atoms with Crippen LogP contribution in [0.3, 0.4) is 0 Å². The smallest absolute Gasteiger partial charge is 0.198 e. The number of fused-ring (bicyclic) bond motifs is 8. The Kier molecular flexibility index (Phi) is 9.00. The minimum Gasteiger partial charge on any atom is -0.455 e. The average molecular weight is 789 g/mol. The first-order chi connectivity index (χ1) is 29.9. The van der Waals surface area contributed by atoms with E-state index in [0.29, 0.717) is 0 Å². The molecule has 0 bridgehead atoms. The van der Waals surface area contributed by atoms with Crippen molar-refractivity contribution < 1.29 is 4.42 Å². The molecule has 10 aromatic rings. The molecule has 3 nitrogen and oxygen atoms in total. The van der Waals surface area contributed by atoms with Gasteiger partial charge in [0.05, 0.1) is 5.52 Å². The first kappa shape index (κ1) is 37.2. The summed E-state index contributed by atoms with van der Waals surface area (Å²) in [5, 5.41) is 10.2. The topological polar surface area (TPSA) is 30.1 Å². The number of furan rings is 1. The second-order valence-electron chi connectivity index (χ2n) is 18.0. The van der Waals surface area contributed by atoms with Gasteiger partial charge in [0.25, 0.3) is 0 Å². The van der Waals surface area contributed by atoms with E-state index in [1.165, 1.54) is 90.7 Å². The molecule has 1 N–H and O–H groups in total. The van der Waals surface area contributed by atoms with Gasteiger partial charge in [-0.05, 0) is 93.1 Å². The molecule has 0 atom stereocenters. The van der Waals surface area contributed by atoms with E-state index in [0.717, 1.165) is 58.5 Å². The van der Waals surface area contributed by atoms with Gasteiger partial charge in [0.2, 0.25) is 0 Å². The van der Waals surface area contributed by atoms with Gasteiger partial charge in [0, 0.05) is 55.4 Å². The Balaban J connectivity index is 1.19. The third-order valence-electron chi connectivity index (χ3n) is 13.0. The predicted molar refractivity (Wildman–Crippen MR) is 262 cm³/mol. The Labute approximate surface area is 358 Å². The molecule has 0 saturated heterocycles. The van der Waals surface area contributed by atoms with Crippen molar-refractivity contribution in [2.24, 2.45) is 0 Å². The summed E-state index contributed by atoms with van der Waals surface area (Å²) in [5.41, 5.74) is 17.9. The molecule has 296 valence electrons. The molecule has 8 aromatic carbocycles. The number of nitrogens with one attached hydrogen (secondary N) is 1. The van der Waals surface area contributed by atoms with Crippen LogP contribution < -0.4 is 16.2 Å². The maximum absolute atomic E-state index is 6.97. The van der Waals surface area contributed by atoms with Crippen LogP contribution in [0.15, 0.2) is 168 Å². The molecule has 0 unspecified atom stereocenters. The van der Waals surface area contributed by atoms with Crippen LogP contribution in [0.2, 0.25) is 0 Å². The van der Waals surface area contributed by atoms with E-state index < -0.39 is 0 Å². The van der Waals surface area contributed by atoms with Gasteiger partial charge in [0.15, 0.2) is 7.28 Å². The van der Waals surface area contributed by atoms with Crippen LogP contribution in [-0.2, 0) is 11.8 Å². The number of nitrogens with zero attached hydrogens (tertiary/aromatic N) is 1. The SMILES string of the molecule is CCCCCc1ccc(Nc2ccccc2-c2cc(C(C)(C)C)c3c4c5ccccc5ccc4n4c3c2Bc2cc3oc(-c5ccccc5)c(-c5ccccc5)c3cc2-4)cc1. The highest BCUT2D eigenvalue weighted by Crippen LogP contribution is 2.47. The van der Waals surface area contributed by atoms with E-state index in [4.69, 9.17) is 4.42 Å². The summed E-state index contributed by atoms with van der Waals surface area (Å²) in [4.78, 5) is 0. The van der Waals surface area contributed by atoms with E-state index >= 15 is 0 Å². The van der Waals surface area contributed by atoms with Gasteiger partial charge in [-0.1, -0.05) is 173 Å². The summed E-state index contributed by atoms with van der Waals surface area (Å²) in [7, 11) is 0.776. The number of para-hydroxylation sites is 1. The highest BCUT2D eigenvalue weighted by atomic mass is 16.3. The van der Waals surface area contributed by atoms with Crippen LogP contribution in [0.1, 0.15) is 58.1 Å². The van der Waals surface area contributed by atoms with Gasteiger partial charge in [-0.2, -0.15) is 0 Å². The maximum Gasteiger partial charge on any atom is 0.198 e. The van der Waals surface area contributed by atoms with Crippen molar-refractivity contribution in [2.75, 3.05) is 5.32 Å². The molecule has 0 spiro atoms. The number of hydrogen-bond acceptors (Lipinski definition) is 2. The highest BCUT2D eigenvalue weighted by Gasteiger charge is 2.33. The van der Waals surface area contributed by atoms with Crippen molar-refractivity contribution in [2.45, 2.75) is 58.8 Å². The lowest BCUT2D eigenvalue weighted by molar-refractivity contribution is 0.596. The number of unbranched alkanes of at least 4 members (excludes halogenated alkanes) is 2. The normalized spacial score (nSPS) is 12.3. The summed E-state index contributed by atoms with van der Waals surface area (Å²) in [6.07, 6.45) is 4.87. The number of hydrogen-bond donors (Lipinski definition) is 1. The number of rotatable bonds is 9. The second-order valence-corrected chi connectivity index (χ2v) is 18.0. The summed E-state index contributed by atoms with van der Waals surface area (Å²) in [6.45, 7) is 9.38. The zero-order chi connectivity index (χ0) is 41.2. The molecule has 0 aliphatic carbocycles. The zero-order valence-electron chi connectivity index (χ0n) is 35.5. The van der Waals surface area contributed by atoms with Crippen molar-refractivity contribution in [3.63, 3.8) is 0 Å². The number of benzene rings is 8. The van der Waals surface area contributed by atoms with E-state index in [1.54, 1.807) is 0 Å². The Hall–Kier alpha value is -6.78. The lowest BCUT2D eigenvalue weighted by Gasteiger charge is -2.28. The Morgan fingerprint density at radius 2 is 1.36 bits per heavy atom. The number of anilines is 2. The Bertz CT molecular complexity index is 3280. The molecule has 0 radical (unpaired) electrons. The van der Waals surface area contributed by atoms with Gasteiger partial charge in [-0.25, -0.2) is 0 Å². The fourth-order valence-electron chi connectivity index (χ4n) is 10.0. The molecule has 0 saturated carbocycles. The first-order valence-electron chi connectivity index (χ1n) is 22.0. The fraction of sp³-hybridized carbons (Fsp3) is 0.158. The largest absolute Gasteiger partial charge is 0.455 e. The van der Waals surface area contributed by atoms with Crippen LogP contribution in [0.5, 0.6) is 0 Å². The number of aryl methyl sites for hydroxylation is 1. The van der Waals surface area contributed by atoms with Gasteiger partial charge >= 0.3 is 0 Å². The molecule has 61 heavy (non-hydrogen) atoms. The average Bonchev–Trinajstić information content (AvgIpc) is 3.84. The zero-order valence-corrected chi connectivity index (χ0v) is 35.5. The summed E-state index contributed by atoms with van der Waals surface area (Å²) in [5.74, 6) is 0.903. The van der Waals surface area contributed by atoms with Crippen molar-refractivity contribution in [1.82, 2.24) is 4.57 Å². The summed E-state index contributed by atoms with van der Waals surface area (Å²) in [6, 6.07) is 60.1. The number of aromatic nitrogens is 1. The third kappa shape index (κ3) is 6.27.